The van der Waals surface area contributed by atoms with Gasteiger partial charge in [-0.15, -0.1) is 0 Å². The average Bonchev–Trinajstić information content (AvgIpc) is 2.72. The molecular formula is C12H8ClF3N2O2S. The Kier molecular flexibility index (Phi) is 4.48. The van der Waals surface area contributed by atoms with Crippen LogP contribution in [-0.2, 0) is 11.0 Å². The predicted octanol–water partition coefficient (Wildman–Crippen LogP) is 3.64. The van der Waals surface area contributed by atoms with Gasteiger partial charge in [-0.25, -0.2) is 4.79 Å². The molecule has 1 aliphatic heterocycles. The number of benzene rings is 1. The molecule has 1 aliphatic rings. The number of halogens is 4. The number of carbonyl (C=O) groups excluding carboxylic acids is 2. The fraction of sp³-hybridized carbons (Fsp3) is 0.167. The van der Waals surface area contributed by atoms with Crippen LogP contribution in [0.1, 0.15) is 5.56 Å². The van der Waals surface area contributed by atoms with Crippen LogP contribution in [0.4, 0.5) is 23.7 Å². The molecule has 2 amide bonds. The lowest BCUT2D eigenvalue weighted by molar-refractivity contribution is -0.137. The Hall–Kier alpha value is -1.67. The summed E-state index contributed by atoms with van der Waals surface area (Å²) in [5.74, 6) is 0.347. The van der Waals surface area contributed by atoms with Gasteiger partial charge in [-0.05, 0) is 18.2 Å². The topological polar surface area (TPSA) is 58.2 Å². The SMILES string of the molecule is O=C(NC1=CC(=O)SC1)Nc1ccc(C(F)(F)F)c(Cl)c1. The molecule has 0 radical (unpaired) electrons. The minimum Gasteiger partial charge on any atom is -0.310 e. The second kappa shape index (κ2) is 5.98. The lowest BCUT2D eigenvalue weighted by Gasteiger charge is -2.11. The largest absolute Gasteiger partial charge is 0.417 e. The van der Waals surface area contributed by atoms with E-state index in [1.807, 2.05) is 0 Å². The maximum atomic E-state index is 12.5. The molecule has 2 rings (SSSR count). The van der Waals surface area contributed by atoms with Crippen molar-refractivity contribution in [2.24, 2.45) is 0 Å². The smallest absolute Gasteiger partial charge is 0.310 e. The Morgan fingerprint density at radius 3 is 2.52 bits per heavy atom. The molecule has 1 heterocycles. The van der Waals surface area contributed by atoms with Crippen molar-refractivity contribution >= 4 is 40.2 Å². The van der Waals surface area contributed by atoms with Crippen molar-refractivity contribution in [3.05, 3.63) is 40.6 Å². The molecule has 0 unspecified atom stereocenters. The van der Waals surface area contributed by atoms with Gasteiger partial charge in [0.15, 0.2) is 0 Å². The lowest BCUT2D eigenvalue weighted by Crippen LogP contribution is -2.28. The van der Waals surface area contributed by atoms with Crippen LogP contribution >= 0.6 is 23.4 Å². The molecule has 1 aromatic rings. The highest BCUT2D eigenvalue weighted by molar-refractivity contribution is 8.14. The van der Waals surface area contributed by atoms with Crippen LogP contribution in [0.25, 0.3) is 0 Å². The van der Waals surface area contributed by atoms with Crippen molar-refractivity contribution in [1.82, 2.24) is 5.32 Å². The van der Waals surface area contributed by atoms with Gasteiger partial charge in [0.2, 0.25) is 5.12 Å². The van der Waals surface area contributed by atoms with E-state index < -0.39 is 22.8 Å². The van der Waals surface area contributed by atoms with E-state index in [1.165, 1.54) is 6.08 Å². The van der Waals surface area contributed by atoms with Crippen molar-refractivity contribution in [3.8, 4) is 0 Å². The second-order valence-corrected chi connectivity index (χ2v) is 5.44. The molecule has 0 bridgehead atoms. The highest BCUT2D eigenvalue weighted by atomic mass is 35.5. The van der Waals surface area contributed by atoms with Crippen LogP contribution in [0.5, 0.6) is 0 Å². The first-order chi connectivity index (χ1) is 9.75. The molecule has 0 fully saturated rings. The maximum Gasteiger partial charge on any atom is 0.417 e. The molecule has 0 spiro atoms. The molecule has 9 heteroatoms. The van der Waals surface area contributed by atoms with Crippen LogP contribution in [0.2, 0.25) is 5.02 Å². The Labute approximate surface area is 126 Å². The van der Waals surface area contributed by atoms with Crippen molar-refractivity contribution in [2.45, 2.75) is 6.18 Å². The molecule has 21 heavy (non-hydrogen) atoms. The number of carbonyl (C=O) groups is 2. The van der Waals surface area contributed by atoms with E-state index in [0.717, 1.165) is 30.0 Å². The standard InChI is InChI=1S/C12H8ClF3N2O2S/c13-9-3-6(1-2-8(9)12(14,15)16)17-11(20)18-7-4-10(19)21-5-7/h1-4H,5H2,(H2,17,18,20). The fourth-order valence-electron chi connectivity index (χ4n) is 1.58. The van der Waals surface area contributed by atoms with E-state index >= 15 is 0 Å². The molecule has 0 saturated carbocycles. The molecule has 0 atom stereocenters. The van der Waals surface area contributed by atoms with Gasteiger partial charge < -0.3 is 10.6 Å². The first-order valence-electron chi connectivity index (χ1n) is 5.58. The summed E-state index contributed by atoms with van der Waals surface area (Å²) in [6.45, 7) is 0. The minimum absolute atomic E-state index is 0.114. The quantitative estimate of drug-likeness (QED) is 0.867. The van der Waals surface area contributed by atoms with Crippen molar-refractivity contribution in [1.29, 1.82) is 0 Å². The summed E-state index contributed by atoms with van der Waals surface area (Å²) >= 11 is 6.58. The van der Waals surface area contributed by atoms with E-state index in [4.69, 9.17) is 11.6 Å². The first-order valence-corrected chi connectivity index (χ1v) is 6.94. The summed E-state index contributed by atoms with van der Waals surface area (Å²) in [4.78, 5) is 22.6. The lowest BCUT2D eigenvalue weighted by atomic mass is 10.2. The van der Waals surface area contributed by atoms with Crippen LogP contribution in [-0.4, -0.2) is 16.9 Å². The zero-order valence-electron chi connectivity index (χ0n) is 10.3. The van der Waals surface area contributed by atoms with Gasteiger partial charge in [0, 0.05) is 23.2 Å². The highest BCUT2D eigenvalue weighted by Crippen LogP contribution is 2.35. The molecule has 112 valence electrons. The highest BCUT2D eigenvalue weighted by Gasteiger charge is 2.33. The summed E-state index contributed by atoms with van der Waals surface area (Å²) in [5, 5.41) is 4.09. The molecule has 1 aromatic carbocycles. The Balaban J connectivity index is 2.03. The fourth-order valence-corrected chi connectivity index (χ4v) is 2.54. The molecule has 0 aromatic heterocycles. The number of rotatable bonds is 2. The summed E-state index contributed by atoms with van der Waals surface area (Å²) in [5.41, 5.74) is -0.431. The van der Waals surface area contributed by atoms with Crippen LogP contribution in [0.15, 0.2) is 30.0 Å². The third-order valence-electron chi connectivity index (χ3n) is 2.47. The van der Waals surface area contributed by atoms with E-state index in [0.29, 0.717) is 11.4 Å². The zero-order valence-corrected chi connectivity index (χ0v) is 11.8. The van der Waals surface area contributed by atoms with E-state index in [-0.39, 0.29) is 10.8 Å². The van der Waals surface area contributed by atoms with Gasteiger partial charge in [-0.1, -0.05) is 23.4 Å². The van der Waals surface area contributed by atoms with Crippen LogP contribution in [0, 0.1) is 0 Å². The number of anilines is 1. The predicted molar refractivity (Wildman–Crippen MR) is 74.2 cm³/mol. The van der Waals surface area contributed by atoms with Gasteiger partial charge in [0.25, 0.3) is 0 Å². The maximum absolute atomic E-state index is 12.5. The number of hydrogen-bond acceptors (Lipinski definition) is 3. The second-order valence-electron chi connectivity index (χ2n) is 4.05. The molecule has 4 nitrogen and oxygen atoms in total. The van der Waals surface area contributed by atoms with Gasteiger partial charge in [-0.2, -0.15) is 13.2 Å². The van der Waals surface area contributed by atoms with Crippen molar-refractivity contribution < 1.29 is 22.8 Å². The third kappa shape index (κ3) is 4.15. The van der Waals surface area contributed by atoms with Crippen LogP contribution in [0.3, 0.4) is 0 Å². The number of urea groups is 1. The van der Waals surface area contributed by atoms with Crippen molar-refractivity contribution in [2.75, 3.05) is 11.1 Å². The van der Waals surface area contributed by atoms with Gasteiger partial charge >= 0.3 is 12.2 Å². The molecule has 2 N–H and O–H groups in total. The third-order valence-corrected chi connectivity index (χ3v) is 3.64. The zero-order chi connectivity index (χ0) is 15.6. The number of alkyl halides is 3. The average molecular weight is 337 g/mol. The summed E-state index contributed by atoms with van der Waals surface area (Å²) < 4.78 is 37.6. The van der Waals surface area contributed by atoms with E-state index in [9.17, 15) is 22.8 Å². The number of thioether (sulfide) groups is 1. The Bertz CT molecular complexity index is 631. The number of hydrogen-bond donors (Lipinski definition) is 2. The number of amides is 2. The van der Waals surface area contributed by atoms with E-state index in [1.54, 1.807) is 0 Å². The van der Waals surface area contributed by atoms with Crippen LogP contribution < -0.4 is 10.6 Å². The van der Waals surface area contributed by atoms with Gasteiger partial charge in [0.1, 0.15) is 0 Å². The Morgan fingerprint density at radius 2 is 2.00 bits per heavy atom. The van der Waals surface area contributed by atoms with Gasteiger partial charge in [-0.3, -0.25) is 4.79 Å². The first kappa shape index (κ1) is 15.7. The number of nitrogens with one attached hydrogen (secondary N) is 2. The minimum atomic E-state index is -4.55. The molecular weight excluding hydrogens is 329 g/mol. The summed E-state index contributed by atoms with van der Waals surface area (Å²) in [7, 11) is 0. The Morgan fingerprint density at radius 1 is 1.29 bits per heavy atom. The van der Waals surface area contributed by atoms with Crippen molar-refractivity contribution in [3.63, 3.8) is 0 Å². The molecule has 0 aliphatic carbocycles. The molecule has 0 saturated heterocycles. The monoisotopic (exact) mass is 336 g/mol. The van der Waals surface area contributed by atoms with Gasteiger partial charge in [0.05, 0.1) is 10.6 Å². The summed E-state index contributed by atoms with van der Waals surface area (Å²) in [6.07, 6.45) is -3.27. The van der Waals surface area contributed by atoms with E-state index in [2.05, 4.69) is 10.6 Å². The summed E-state index contributed by atoms with van der Waals surface area (Å²) in [6, 6.07) is 2.23. The normalized spacial score (nSPS) is 14.9.